The number of aryl methyl sites for hydroxylation is 1. The lowest BCUT2D eigenvalue weighted by Crippen LogP contribution is -2.08. The van der Waals surface area contributed by atoms with Crippen LogP contribution in [0, 0.1) is 12.7 Å². The SMILES string of the molecule is C=C1CCc2c(ccc(C)c2F)C1. The van der Waals surface area contributed by atoms with Gasteiger partial charge < -0.3 is 0 Å². The van der Waals surface area contributed by atoms with E-state index >= 15 is 0 Å². The van der Waals surface area contributed by atoms with E-state index in [9.17, 15) is 4.39 Å². The van der Waals surface area contributed by atoms with Crippen molar-refractivity contribution < 1.29 is 4.39 Å². The number of hydrogen-bond acceptors (Lipinski definition) is 0. The first-order chi connectivity index (χ1) is 6.18. The summed E-state index contributed by atoms with van der Waals surface area (Å²) in [5, 5.41) is 0. The van der Waals surface area contributed by atoms with Crippen molar-refractivity contribution in [3.63, 3.8) is 0 Å². The molecule has 0 N–H and O–H groups in total. The summed E-state index contributed by atoms with van der Waals surface area (Å²) in [5.41, 5.74) is 4.01. The van der Waals surface area contributed by atoms with Gasteiger partial charge in [0.15, 0.2) is 0 Å². The number of benzene rings is 1. The van der Waals surface area contributed by atoms with Crippen LogP contribution in [0.3, 0.4) is 0 Å². The van der Waals surface area contributed by atoms with Crippen molar-refractivity contribution in [2.75, 3.05) is 0 Å². The molecule has 0 saturated carbocycles. The third-order valence-electron chi connectivity index (χ3n) is 2.70. The maximum Gasteiger partial charge on any atom is 0.129 e. The smallest absolute Gasteiger partial charge is 0.129 e. The van der Waals surface area contributed by atoms with Crippen LogP contribution in [0.1, 0.15) is 23.1 Å². The van der Waals surface area contributed by atoms with Gasteiger partial charge in [0, 0.05) is 0 Å². The van der Waals surface area contributed by atoms with Crippen LogP contribution in [0.15, 0.2) is 24.3 Å². The molecular weight excluding hydrogens is 163 g/mol. The van der Waals surface area contributed by atoms with Crippen LogP contribution in [-0.2, 0) is 12.8 Å². The lowest BCUT2D eigenvalue weighted by atomic mass is 9.87. The standard InChI is InChI=1S/C12H13F/c1-8-3-6-11-10(7-8)5-4-9(2)12(11)13/h4-5H,1,3,6-7H2,2H3. The second kappa shape index (κ2) is 2.99. The molecule has 0 saturated heterocycles. The monoisotopic (exact) mass is 176 g/mol. The molecule has 0 nitrogen and oxygen atoms in total. The molecule has 0 radical (unpaired) electrons. The van der Waals surface area contributed by atoms with Gasteiger partial charge >= 0.3 is 0 Å². The molecule has 0 spiro atoms. The summed E-state index contributed by atoms with van der Waals surface area (Å²) < 4.78 is 13.6. The highest BCUT2D eigenvalue weighted by atomic mass is 19.1. The highest BCUT2D eigenvalue weighted by Crippen LogP contribution is 2.27. The largest absolute Gasteiger partial charge is 0.206 e. The molecule has 0 aromatic heterocycles. The highest BCUT2D eigenvalue weighted by Gasteiger charge is 2.16. The molecule has 2 rings (SSSR count). The van der Waals surface area contributed by atoms with Crippen LogP contribution in [0.5, 0.6) is 0 Å². The van der Waals surface area contributed by atoms with E-state index < -0.39 is 0 Å². The maximum atomic E-state index is 13.6. The number of rotatable bonds is 0. The van der Waals surface area contributed by atoms with Gasteiger partial charge in [-0.05, 0) is 42.9 Å². The zero-order valence-electron chi connectivity index (χ0n) is 7.86. The van der Waals surface area contributed by atoms with Crippen LogP contribution < -0.4 is 0 Å². The lowest BCUT2D eigenvalue weighted by molar-refractivity contribution is 0.590. The fourth-order valence-corrected chi connectivity index (χ4v) is 1.87. The second-order valence-corrected chi connectivity index (χ2v) is 3.76. The van der Waals surface area contributed by atoms with Crippen LogP contribution in [-0.4, -0.2) is 0 Å². The van der Waals surface area contributed by atoms with Crippen molar-refractivity contribution in [2.24, 2.45) is 0 Å². The van der Waals surface area contributed by atoms with Crippen molar-refractivity contribution in [3.05, 3.63) is 46.8 Å². The van der Waals surface area contributed by atoms with Gasteiger partial charge in [0.1, 0.15) is 5.82 Å². The van der Waals surface area contributed by atoms with E-state index in [-0.39, 0.29) is 5.82 Å². The van der Waals surface area contributed by atoms with Crippen molar-refractivity contribution in [1.82, 2.24) is 0 Å². The molecule has 1 aliphatic rings. The Hall–Kier alpha value is -1.11. The topological polar surface area (TPSA) is 0 Å². The molecular formula is C12H13F. The van der Waals surface area contributed by atoms with Gasteiger partial charge in [-0.15, -0.1) is 0 Å². The molecule has 1 aromatic carbocycles. The average Bonchev–Trinajstić information content (AvgIpc) is 2.12. The molecule has 0 atom stereocenters. The Bertz CT molecular complexity index is 364. The molecule has 13 heavy (non-hydrogen) atoms. The molecule has 68 valence electrons. The van der Waals surface area contributed by atoms with Gasteiger partial charge in [-0.25, -0.2) is 4.39 Å². The molecule has 1 aliphatic carbocycles. The molecule has 0 heterocycles. The van der Waals surface area contributed by atoms with Gasteiger partial charge in [0.25, 0.3) is 0 Å². The third kappa shape index (κ3) is 1.39. The summed E-state index contributed by atoms with van der Waals surface area (Å²) in [7, 11) is 0. The minimum Gasteiger partial charge on any atom is -0.206 e. The van der Waals surface area contributed by atoms with Gasteiger partial charge in [0.05, 0.1) is 0 Å². The Balaban J connectivity index is 2.53. The van der Waals surface area contributed by atoms with Crippen molar-refractivity contribution in [3.8, 4) is 0 Å². The highest BCUT2D eigenvalue weighted by molar-refractivity contribution is 5.38. The number of fused-ring (bicyclic) bond motifs is 1. The minimum absolute atomic E-state index is 0.00926. The van der Waals surface area contributed by atoms with Crippen LogP contribution >= 0.6 is 0 Å². The molecule has 1 heteroatoms. The van der Waals surface area contributed by atoms with Crippen LogP contribution in [0.25, 0.3) is 0 Å². The minimum atomic E-state index is -0.00926. The molecule has 0 fully saturated rings. The zero-order valence-corrected chi connectivity index (χ0v) is 7.86. The van der Waals surface area contributed by atoms with E-state index in [2.05, 4.69) is 6.58 Å². The summed E-state index contributed by atoms with van der Waals surface area (Å²) in [5.74, 6) is -0.00926. The summed E-state index contributed by atoms with van der Waals surface area (Å²) in [6, 6.07) is 3.88. The molecule has 0 unspecified atom stereocenters. The fourth-order valence-electron chi connectivity index (χ4n) is 1.87. The Kier molecular flexibility index (Phi) is 1.95. The number of hydrogen-bond donors (Lipinski definition) is 0. The Morgan fingerprint density at radius 1 is 1.31 bits per heavy atom. The van der Waals surface area contributed by atoms with Crippen molar-refractivity contribution in [2.45, 2.75) is 26.2 Å². The molecule has 0 amide bonds. The average molecular weight is 176 g/mol. The number of halogens is 1. The molecule has 1 aromatic rings. The van der Waals surface area contributed by atoms with Crippen molar-refractivity contribution >= 4 is 0 Å². The Morgan fingerprint density at radius 3 is 2.85 bits per heavy atom. The zero-order chi connectivity index (χ0) is 9.42. The van der Waals surface area contributed by atoms with Gasteiger partial charge in [-0.1, -0.05) is 24.3 Å². The summed E-state index contributed by atoms with van der Waals surface area (Å²) in [6.07, 6.45) is 2.61. The van der Waals surface area contributed by atoms with Crippen LogP contribution in [0.2, 0.25) is 0 Å². The normalized spacial score (nSPS) is 15.7. The van der Waals surface area contributed by atoms with E-state index in [4.69, 9.17) is 0 Å². The quantitative estimate of drug-likeness (QED) is 0.532. The van der Waals surface area contributed by atoms with Gasteiger partial charge in [-0.3, -0.25) is 0 Å². The molecule has 0 bridgehead atoms. The first-order valence-electron chi connectivity index (χ1n) is 4.62. The Morgan fingerprint density at radius 2 is 2.08 bits per heavy atom. The number of allylic oxidation sites excluding steroid dienone is 1. The summed E-state index contributed by atoms with van der Waals surface area (Å²) >= 11 is 0. The van der Waals surface area contributed by atoms with Crippen molar-refractivity contribution in [1.29, 1.82) is 0 Å². The predicted molar refractivity (Wildman–Crippen MR) is 52.3 cm³/mol. The predicted octanol–water partition coefficient (Wildman–Crippen LogP) is 3.18. The van der Waals surface area contributed by atoms with E-state index in [1.165, 1.54) is 5.57 Å². The molecule has 0 aliphatic heterocycles. The Labute approximate surface area is 78.1 Å². The van der Waals surface area contributed by atoms with Gasteiger partial charge in [0.2, 0.25) is 0 Å². The lowest BCUT2D eigenvalue weighted by Gasteiger charge is -2.19. The first-order valence-corrected chi connectivity index (χ1v) is 4.62. The van der Waals surface area contributed by atoms with E-state index in [0.717, 1.165) is 36.0 Å². The third-order valence-corrected chi connectivity index (χ3v) is 2.70. The maximum absolute atomic E-state index is 13.6. The summed E-state index contributed by atoms with van der Waals surface area (Å²) in [4.78, 5) is 0. The summed E-state index contributed by atoms with van der Waals surface area (Å²) in [6.45, 7) is 5.76. The fraction of sp³-hybridized carbons (Fsp3) is 0.333. The second-order valence-electron chi connectivity index (χ2n) is 3.76. The van der Waals surface area contributed by atoms with E-state index in [1.807, 2.05) is 19.1 Å². The van der Waals surface area contributed by atoms with Crippen LogP contribution in [0.4, 0.5) is 4.39 Å². The van der Waals surface area contributed by atoms with Gasteiger partial charge in [-0.2, -0.15) is 0 Å². The first kappa shape index (κ1) is 8.49. The van der Waals surface area contributed by atoms with E-state index in [0.29, 0.717) is 0 Å². The van der Waals surface area contributed by atoms with E-state index in [1.54, 1.807) is 0 Å².